The van der Waals surface area contributed by atoms with Crippen molar-refractivity contribution < 1.29 is 14.3 Å². The topological polar surface area (TPSA) is 88.5 Å². The Kier molecular flexibility index (Phi) is 7.81. The van der Waals surface area contributed by atoms with Crippen molar-refractivity contribution in [3.8, 4) is 5.75 Å². The summed E-state index contributed by atoms with van der Waals surface area (Å²) in [5.41, 5.74) is 5.12. The van der Waals surface area contributed by atoms with Gasteiger partial charge in [0.15, 0.2) is 0 Å². The molecule has 4 aromatic rings. The van der Waals surface area contributed by atoms with Gasteiger partial charge in [0, 0.05) is 36.0 Å². The molecule has 3 aromatic carbocycles. The van der Waals surface area contributed by atoms with Crippen molar-refractivity contribution in [2.24, 2.45) is 11.8 Å². The van der Waals surface area contributed by atoms with Gasteiger partial charge in [0.05, 0.1) is 37.4 Å². The summed E-state index contributed by atoms with van der Waals surface area (Å²) in [6, 6.07) is 27.7. The van der Waals surface area contributed by atoms with Crippen molar-refractivity contribution in [1.82, 2.24) is 20.0 Å². The van der Waals surface area contributed by atoms with Crippen LogP contribution < -0.4 is 15.4 Å². The van der Waals surface area contributed by atoms with E-state index in [-0.39, 0.29) is 41.8 Å². The van der Waals surface area contributed by atoms with Crippen LogP contribution in [0, 0.1) is 11.8 Å². The summed E-state index contributed by atoms with van der Waals surface area (Å²) < 4.78 is 7.41. The standard InChI is InChI=1S/C36H39N5O3/c1-44-26-17-15-24(16-18-26)23-41-32(19-21-37-41)33-29-20-22-40(34(29)27-11-5-7-13-30(27)38-33)36(43)28-12-6-8-14-31(28)39-35(42)25-9-3-2-4-10-25/h2-5,7,9-11,13,15-19,21,28-29,31,33-34,38H,6,8,12,14,20,22-23H2,1H3,(H,39,42)/t28-,29+,31+,33+,34-/m0/s1. The van der Waals surface area contributed by atoms with Gasteiger partial charge in [-0.25, -0.2) is 0 Å². The normalized spacial score (nSPS) is 24.1. The summed E-state index contributed by atoms with van der Waals surface area (Å²) in [5.74, 6) is 0.862. The maximum atomic E-state index is 14.5. The molecule has 1 saturated heterocycles. The maximum absolute atomic E-state index is 14.5. The number of amides is 2. The molecule has 0 bridgehead atoms. The number of benzene rings is 3. The van der Waals surface area contributed by atoms with Crippen LogP contribution in [0.5, 0.6) is 5.75 Å². The smallest absolute Gasteiger partial charge is 0.251 e. The molecule has 0 radical (unpaired) electrons. The molecule has 1 aliphatic carbocycles. The lowest BCUT2D eigenvalue weighted by atomic mass is 9.80. The molecule has 7 rings (SSSR count). The Morgan fingerprint density at radius 2 is 1.70 bits per heavy atom. The Morgan fingerprint density at radius 3 is 2.52 bits per heavy atom. The lowest BCUT2D eigenvalue weighted by Crippen LogP contribution is -2.50. The minimum atomic E-state index is -0.226. The first-order chi connectivity index (χ1) is 21.6. The van der Waals surface area contributed by atoms with Gasteiger partial charge in [0.25, 0.3) is 5.91 Å². The number of rotatable bonds is 7. The summed E-state index contributed by atoms with van der Waals surface area (Å²) in [6.07, 6.45) is 6.40. The number of hydrogen-bond acceptors (Lipinski definition) is 5. The summed E-state index contributed by atoms with van der Waals surface area (Å²) >= 11 is 0. The fourth-order valence-corrected chi connectivity index (χ4v) is 7.56. The Hall–Kier alpha value is -4.59. The van der Waals surface area contributed by atoms with E-state index < -0.39 is 0 Å². The second-order valence-electron chi connectivity index (χ2n) is 12.2. The number of anilines is 1. The van der Waals surface area contributed by atoms with E-state index in [1.165, 1.54) is 5.56 Å². The lowest BCUT2D eigenvalue weighted by Gasteiger charge is -2.42. The van der Waals surface area contributed by atoms with Crippen molar-refractivity contribution in [2.45, 2.75) is 56.8 Å². The Labute approximate surface area is 258 Å². The van der Waals surface area contributed by atoms with Crippen LogP contribution in [0.2, 0.25) is 0 Å². The Morgan fingerprint density at radius 1 is 0.932 bits per heavy atom. The second kappa shape index (κ2) is 12.2. The van der Waals surface area contributed by atoms with Crippen LogP contribution in [0.4, 0.5) is 5.69 Å². The molecule has 8 nitrogen and oxygen atoms in total. The first-order valence-corrected chi connectivity index (χ1v) is 15.8. The van der Waals surface area contributed by atoms with Gasteiger partial charge < -0.3 is 20.3 Å². The Balaban J connectivity index is 1.15. The molecule has 2 amide bonds. The fourth-order valence-electron chi connectivity index (χ4n) is 7.56. The molecule has 1 saturated carbocycles. The van der Waals surface area contributed by atoms with Crippen molar-refractivity contribution in [3.63, 3.8) is 0 Å². The first kappa shape index (κ1) is 28.2. The Bertz CT molecular complexity index is 1620. The average Bonchev–Trinajstić information content (AvgIpc) is 3.73. The number of nitrogens with zero attached hydrogens (tertiary/aromatic N) is 3. The van der Waals surface area contributed by atoms with Crippen molar-refractivity contribution in [3.05, 3.63) is 114 Å². The number of para-hydroxylation sites is 1. The van der Waals surface area contributed by atoms with Gasteiger partial charge in [0.2, 0.25) is 5.91 Å². The molecule has 2 aliphatic heterocycles. The zero-order valence-corrected chi connectivity index (χ0v) is 25.1. The van der Waals surface area contributed by atoms with Crippen LogP contribution in [0.1, 0.15) is 71.4 Å². The SMILES string of the molecule is COc1ccc(Cn2nccc2[C@@H]2Nc3ccccc3[C@H]3[C@@H]2CCN3C(=O)[C@H]2CCCC[C@H]2NC(=O)c2ccccc2)cc1. The van der Waals surface area contributed by atoms with Crippen LogP contribution in [0.25, 0.3) is 0 Å². The van der Waals surface area contributed by atoms with Gasteiger partial charge in [-0.3, -0.25) is 14.3 Å². The highest BCUT2D eigenvalue weighted by Gasteiger charge is 2.49. The number of carbonyl (C=O) groups is 2. The molecule has 8 heteroatoms. The minimum Gasteiger partial charge on any atom is -0.497 e. The van der Waals surface area contributed by atoms with E-state index in [1.54, 1.807) is 7.11 Å². The quantitative estimate of drug-likeness (QED) is 0.277. The molecule has 44 heavy (non-hydrogen) atoms. The number of ether oxygens (including phenoxy) is 1. The molecular weight excluding hydrogens is 550 g/mol. The molecule has 226 valence electrons. The molecule has 1 aromatic heterocycles. The third kappa shape index (κ3) is 5.34. The van der Waals surface area contributed by atoms with E-state index in [9.17, 15) is 9.59 Å². The minimum absolute atomic E-state index is 0.00776. The number of likely N-dealkylation sites (tertiary alicyclic amines) is 1. The van der Waals surface area contributed by atoms with Gasteiger partial charge in [-0.1, -0.05) is 61.4 Å². The molecule has 5 atom stereocenters. The maximum Gasteiger partial charge on any atom is 0.251 e. The van der Waals surface area contributed by atoms with E-state index in [2.05, 4.69) is 62.7 Å². The number of methoxy groups -OCH3 is 1. The van der Waals surface area contributed by atoms with Crippen molar-refractivity contribution >= 4 is 17.5 Å². The molecular formula is C36H39N5O3. The molecule has 2 N–H and O–H groups in total. The summed E-state index contributed by atoms with van der Waals surface area (Å²) in [6.45, 7) is 1.35. The van der Waals surface area contributed by atoms with Crippen molar-refractivity contribution in [2.75, 3.05) is 19.0 Å². The van der Waals surface area contributed by atoms with Crippen LogP contribution in [-0.4, -0.2) is 46.2 Å². The number of aromatic nitrogens is 2. The zero-order valence-electron chi connectivity index (χ0n) is 25.1. The summed E-state index contributed by atoms with van der Waals surface area (Å²) in [4.78, 5) is 29.7. The predicted molar refractivity (Wildman–Crippen MR) is 169 cm³/mol. The third-order valence-electron chi connectivity index (χ3n) is 9.74. The van der Waals surface area contributed by atoms with Crippen molar-refractivity contribution in [1.29, 1.82) is 0 Å². The van der Waals surface area contributed by atoms with Gasteiger partial charge >= 0.3 is 0 Å². The first-order valence-electron chi connectivity index (χ1n) is 15.8. The number of carbonyl (C=O) groups excluding carboxylic acids is 2. The largest absolute Gasteiger partial charge is 0.497 e. The third-order valence-corrected chi connectivity index (χ3v) is 9.74. The molecule has 3 heterocycles. The highest BCUT2D eigenvalue weighted by molar-refractivity contribution is 5.95. The van der Waals surface area contributed by atoms with E-state index in [4.69, 9.17) is 9.84 Å². The molecule has 3 aliphatic rings. The number of hydrogen-bond donors (Lipinski definition) is 2. The van der Waals surface area contributed by atoms with Gasteiger partial charge in [-0.2, -0.15) is 5.10 Å². The van der Waals surface area contributed by atoms with E-state index in [1.807, 2.05) is 48.7 Å². The molecule has 0 spiro atoms. The van der Waals surface area contributed by atoms with Gasteiger partial charge in [-0.05, 0) is 66.8 Å². The fraction of sp³-hybridized carbons (Fsp3) is 0.361. The van der Waals surface area contributed by atoms with E-state index in [0.717, 1.165) is 54.8 Å². The summed E-state index contributed by atoms with van der Waals surface area (Å²) in [7, 11) is 1.68. The second-order valence-corrected chi connectivity index (χ2v) is 12.2. The monoisotopic (exact) mass is 589 g/mol. The van der Waals surface area contributed by atoms with Crippen LogP contribution in [-0.2, 0) is 11.3 Å². The highest BCUT2D eigenvalue weighted by atomic mass is 16.5. The zero-order chi connectivity index (χ0) is 30.0. The lowest BCUT2D eigenvalue weighted by molar-refractivity contribution is -0.138. The van der Waals surface area contributed by atoms with Crippen LogP contribution in [0.15, 0.2) is 91.1 Å². The number of nitrogens with one attached hydrogen (secondary N) is 2. The predicted octanol–water partition coefficient (Wildman–Crippen LogP) is 5.99. The summed E-state index contributed by atoms with van der Waals surface area (Å²) in [5, 5.41) is 11.8. The van der Waals surface area contributed by atoms with E-state index >= 15 is 0 Å². The van der Waals surface area contributed by atoms with Gasteiger partial charge in [0.1, 0.15) is 5.75 Å². The molecule has 2 fully saturated rings. The molecule has 0 unspecified atom stereocenters. The van der Waals surface area contributed by atoms with Crippen LogP contribution in [0.3, 0.4) is 0 Å². The van der Waals surface area contributed by atoms with Gasteiger partial charge in [-0.15, -0.1) is 0 Å². The van der Waals surface area contributed by atoms with Crippen LogP contribution >= 0.6 is 0 Å². The van der Waals surface area contributed by atoms with E-state index in [0.29, 0.717) is 18.7 Å². The average molecular weight is 590 g/mol. The number of fused-ring (bicyclic) bond motifs is 3. The highest BCUT2D eigenvalue weighted by Crippen LogP contribution is 2.52.